The second-order valence-corrected chi connectivity index (χ2v) is 5.00. The molecule has 1 aliphatic rings. The van der Waals surface area contributed by atoms with Crippen LogP contribution >= 0.6 is 0 Å². The molecule has 3 heteroatoms. The molecular weight excluding hydrogens is 210 g/mol. The molecule has 0 amide bonds. The molecule has 1 aromatic heterocycles. The monoisotopic (exact) mass is 233 g/mol. The van der Waals surface area contributed by atoms with Crippen LogP contribution in [0.15, 0.2) is 24.4 Å². The van der Waals surface area contributed by atoms with Crippen LogP contribution in [0.2, 0.25) is 0 Å². The summed E-state index contributed by atoms with van der Waals surface area (Å²) in [4.78, 5) is 6.84. The first-order chi connectivity index (χ1) is 8.29. The summed E-state index contributed by atoms with van der Waals surface area (Å²) < 4.78 is 0. The minimum atomic E-state index is 0.410. The van der Waals surface area contributed by atoms with Gasteiger partial charge in [0.05, 0.1) is 5.69 Å². The summed E-state index contributed by atoms with van der Waals surface area (Å²) in [6.45, 7) is 5.35. The fraction of sp³-hybridized carbons (Fsp3) is 0.643. The van der Waals surface area contributed by atoms with Gasteiger partial charge in [-0.25, -0.2) is 0 Å². The van der Waals surface area contributed by atoms with Gasteiger partial charge < -0.3 is 5.73 Å². The van der Waals surface area contributed by atoms with Gasteiger partial charge in [0.25, 0.3) is 0 Å². The van der Waals surface area contributed by atoms with Crippen LogP contribution in [-0.4, -0.2) is 29.0 Å². The molecule has 2 rings (SSSR count). The standard InChI is InChI=1S/C14H23N3/c1-2-17(10-12-6-5-8-14(12)15)11-13-7-3-4-9-16-13/h3-4,7,9,12,14H,2,5-6,8,10-11,15H2,1H3. The minimum Gasteiger partial charge on any atom is -0.327 e. The predicted octanol–water partition coefficient (Wildman–Crippen LogP) is 2.03. The van der Waals surface area contributed by atoms with E-state index in [0.717, 1.165) is 25.3 Å². The van der Waals surface area contributed by atoms with Crippen molar-refractivity contribution in [3.8, 4) is 0 Å². The van der Waals surface area contributed by atoms with Gasteiger partial charge in [-0.15, -0.1) is 0 Å². The lowest BCUT2D eigenvalue weighted by atomic mass is 10.0. The number of nitrogens with zero attached hydrogens (tertiary/aromatic N) is 2. The molecule has 17 heavy (non-hydrogen) atoms. The van der Waals surface area contributed by atoms with Crippen molar-refractivity contribution in [1.29, 1.82) is 0 Å². The van der Waals surface area contributed by atoms with E-state index in [4.69, 9.17) is 5.73 Å². The summed E-state index contributed by atoms with van der Waals surface area (Å²) in [6, 6.07) is 6.52. The Hall–Kier alpha value is -0.930. The highest BCUT2D eigenvalue weighted by Crippen LogP contribution is 2.25. The smallest absolute Gasteiger partial charge is 0.0543 e. The van der Waals surface area contributed by atoms with Crippen molar-refractivity contribution in [1.82, 2.24) is 9.88 Å². The van der Waals surface area contributed by atoms with Crippen LogP contribution in [0, 0.1) is 5.92 Å². The van der Waals surface area contributed by atoms with E-state index in [0.29, 0.717) is 12.0 Å². The molecule has 0 bridgehead atoms. The Balaban J connectivity index is 1.88. The summed E-state index contributed by atoms with van der Waals surface area (Å²) in [5.41, 5.74) is 7.29. The Morgan fingerprint density at radius 2 is 2.29 bits per heavy atom. The van der Waals surface area contributed by atoms with Crippen molar-refractivity contribution in [2.75, 3.05) is 13.1 Å². The Labute approximate surface area is 104 Å². The number of aromatic nitrogens is 1. The third-order valence-electron chi connectivity index (χ3n) is 3.77. The van der Waals surface area contributed by atoms with E-state index in [1.54, 1.807) is 0 Å². The largest absolute Gasteiger partial charge is 0.327 e. The normalized spacial score (nSPS) is 24.4. The van der Waals surface area contributed by atoms with Crippen molar-refractivity contribution in [3.63, 3.8) is 0 Å². The third-order valence-corrected chi connectivity index (χ3v) is 3.77. The highest BCUT2D eigenvalue weighted by molar-refractivity contribution is 5.03. The van der Waals surface area contributed by atoms with Crippen molar-refractivity contribution in [3.05, 3.63) is 30.1 Å². The van der Waals surface area contributed by atoms with Gasteiger partial charge in [0.2, 0.25) is 0 Å². The van der Waals surface area contributed by atoms with Crippen molar-refractivity contribution in [2.24, 2.45) is 11.7 Å². The lowest BCUT2D eigenvalue weighted by molar-refractivity contribution is 0.223. The molecule has 1 saturated carbocycles. The van der Waals surface area contributed by atoms with Crippen LogP contribution < -0.4 is 5.73 Å². The van der Waals surface area contributed by atoms with Gasteiger partial charge in [-0.3, -0.25) is 9.88 Å². The molecule has 0 aromatic carbocycles. The number of hydrogen-bond acceptors (Lipinski definition) is 3. The van der Waals surface area contributed by atoms with E-state index in [9.17, 15) is 0 Å². The van der Waals surface area contributed by atoms with Gasteiger partial charge in [0.15, 0.2) is 0 Å². The number of rotatable bonds is 5. The minimum absolute atomic E-state index is 0.410. The molecule has 94 valence electrons. The molecule has 0 spiro atoms. The number of pyridine rings is 1. The summed E-state index contributed by atoms with van der Waals surface area (Å²) in [7, 11) is 0. The van der Waals surface area contributed by atoms with E-state index in [-0.39, 0.29) is 0 Å². The first-order valence-electron chi connectivity index (χ1n) is 6.67. The van der Waals surface area contributed by atoms with E-state index in [2.05, 4.69) is 28.9 Å². The molecule has 0 radical (unpaired) electrons. The fourth-order valence-electron chi connectivity index (χ4n) is 2.65. The zero-order valence-corrected chi connectivity index (χ0v) is 10.7. The zero-order chi connectivity index (χ0) is 12.1. The maximum Gasteiger partial charge on any atom is 0.0543 e. The molecule has 1 aliphatic carbocycles. The predicted molar refractivity (Wildman–Crippen MR) is 70.5 cm³/mol. The number of nitrogens with two attached hydrogens (primary N) is 1. The highest BCUT2D eigenvalue weighted by Gasteiger charge is 2.25. The van der Waals surface area contributed by atoms with Gasteiger partial charge >= 0.3 is 0 Å². The van der Waals surface area contributed by atoms with Gasteiger partial charge in [-0.05, 0) is 37.4 Å². The summed E-state index contributed by atoms with van der Waals surface area (Å²) in [5, 5.41) is 0. The van der Waals surface area contributed by atoms with Crippen LogP contribution in [0.5, 0.6) is 0 Å². The van der Waals surface area contributed by atoms with Crippen molar-refractivity contribution in [2.45, 2.75) is 38.8 Å². The van der Waals surface area contributed by atoms with Crippen LogP contribution in [0.1, 0.15) is 31.9 Å². The van der Waals surface area contributed by atoms with Gasteiger partial charge in [0, 0.05) is 25.3 Å². The Morgan fingerprint density at radius 1 is 1.41 bits per heavy atom. The molecular formula is C14H23N3. The van der Waals surface area contributed by atoms with Crippen LogP contribution in [0.3, 0.4) is 0 Å². The average Bonchev–Trinajstić information content (AvgIpc) is 2.75. The summed E-state index contributed by atoms with van der Waals surface area (Å²) >= 11 is 0. The van der Waals surface area contributed by atoms with Gasteiger partial charge in [-0.1, -0.05) is 19.4 Å². The Kier molecular flexibility index (Phi) is 4.51. The fourth-order valence-corrected chi connectivity index (χ4v) is 2.65. The molecule has 0 aliphatic heterocycles. The average molecular weight is 233 g/mol. The molecule has 2 N–H and O–H groups in total. The molecule has 2 unspecified atom stereocenters. The van der Waals surface area contributed by atoms with E-state index >= 15 is 0 Å². The first-order valence-corrected chi connectivity index (χ1v) is 6.67. The van der Waals surface area contributed by atoms with E-state index in [1.807, 2.05) is 12.3 Å². The third kappa shape index (κ3) is 3.51. The molecule has 0 saturated heterocycles. The first kappa shape index (κ1) is 12.5. The maximum atomic E-state index is 6.13. The molecule has 1 fully saturated rings. The highest BCUT2D eigenvalue weighted by atomic mass is 15.1. The van der Waals surface area contributed by atoms with E-state index in [1.165, 1.54) is 19.3 Å². The lowest BCUT2D eigenvalue weighted by Gasteiger charge is -2.25. The van der Waals surface area contributed by atoms with E-state index < -0.39 is 0 Å². The second-order valence-electron chi connectivity index (χ2n) is 5.00. The number of hydrogen-bond donors (Lipinski definition) is 1. The lowest BCUT2D eigenvalue weighted by Crippen LogP contribution is -2.36. The SMILES string of the molecule is CCN(Cc1ccccn1)CC1CCCC1N. The van der Waals surface area contributed by atoms with Crippen molar-refractivity contribution >= 4 is 0 Å². The Morgan fingerprint density at radius 3 is 2.88 bits per heavy atom. The van der Waals surface area contributed by atoms with Gasteiger partial charge in [0.1, 0.15) is 0 Å². The Bertz CT molecular complexity index is 325. The van der Waals surface area contributed by atoms with Crippen LogP contribution in [-0.2, 0) is 6.54 Å². The summed E-state index contributed by atoms with van der Waals surface area (Å²) in [6.07, 6.45) is 5.66. The van der Waals surface area contributed by atoms with Crippen LogP contribution in [0.4, 0.5) is 0 Å². The zero-order valence-electron chi connectivity index (χ0n) is 10.7. The summed E-state index contributed by atoms with van der Waals surface area (Å²) in [5.74, 6) is 0.679. The van der Waals surface area contributed by atoms with Crippen LogP contribution in [0.25, 0.3) is 0 Å². The molecule has 3 nitrogen and oxygen atoms in total. The topological polar surface area (TPSA) is 42.2 Å². The van der Waals surface area contributed by atoms with Crippen molar-refractivity contribution < 1.29 is 0 Å². The molecule has 1 heterocycles. The maximum absolute atomic E-state index is 6.13. The molecule has 2 atom stereocenters. The second kappa shape index (κ2) is 6.12. The quantitative estimate of drug-likeness (QED) is 0.846. The van der Waals surface area contributed by atoms with Gasteiger partial charge in [-0.2, -0.15) is 0 Å². The molecule has 1 aromatic rings.